The maximum atomic E-state index is 10.1. The van der Waals surface area contributed by atoms with Crippen molar-refractivity contribution in [2.24, 2.45) is 0 Å². The van der Waals surface area contributed by atoms with Crippen molar-refractivity contribution in [1.82, 2.24) is 0 Å². The normalized spacial score (nSPS) is 8.25. The Hall–Kier alpha value is -2.12. The number of aliphatic carboxylic acids is 2. The summed E-state index contributed by atoms with van der Waals surface area (Å²) in [6.07, 6.45) is -1.38. The highest BCUT2D eigenvalue weighted by Crippen LogP contribution is 1.82. The number of nitrogens with one attached hydrogen (secondary N) is 2. The van der Waals surface area contributed by atoms with Gasteiger partial charge in [0.15, 0.2) is 0 Å². The molecule has 0 aliphatic carbocycles. The average molecular weight is 240 g/mol. The molecule has 4 N–H and O–H groups in total. The summed E-state index contributed by atoms with van der Waals surface area (Å²) in [5.74, 6) is -4.38. The van der Waals surface area contributed by atoms with Crippen LogP contribution in [0.25, 0.3) is 11.5 Å². The van der Waals surface area contributed by atoms with Crippen LogP contribution in [0.1, 0.15) is 27.7 Å². The predicted octanol–water partition coefficient (Wildman–Crippen LogP) is 1.35. The SMILES string of the molecule is C.C.O=C(O)CC(=O)O.[3H][N-]C(=O)CC(=O)[N-][3H]. The third-order valence-corrected chi connectivity index (χ3v) is 0.605. The van der Waals surface area contributed by atoms with Gasteiger partial charge in [-0.05, 0) is 0 Å². The molecule has 0 unspecified atom stereocenters. The Labute approximate surface area is 96.2 Å². The van der Waals surface area contributed by atoms with Gasteiger partial charge < -0.3 is 31.3 Å². The van der Waals surface area contributed by atoms with Crippen molar-refractivity contribution in [3.05, 3.63) is 11.5 Å². The second-order valence-corrected chi connectivity index (χ2v) is 1.93. The molecule has 0 heterocycles. The van der Waals surface area contributed by atoms with Crippen molar-refractivity contribution < 1.29 is 32.2 Å². The van der Waals surface area contributed by atoms with Gasteiger partial charge in [-0.15, -0.1) is 2.82 Å². The molecule has 8 nitrogen and oxygen atoms in total. The van der Waals surface area contributed by atoms with E-state index in [1.807, 2.05) is 0 Å². The molecule has 96 valence electrons. The van der Waals surface area contributed by atoms with Gasteiger partial charge in [0.05, 0.1) is 11.8 Å². The van der Waals surface area contributed by atoms with E-state index in [1.165, 1.54) is 0 Å². The lowest BCUT2D eigenvalue weighted by Crippen LogP contribution is -2.03. The standard InChI is InChI=1S/C3H6N2O2.C3H4O4.2CH4/c4-2(6)1-3(5)7;4-2(5)1-3(6)7;;/h1H2,(H4,4,5,6,7);1H2,(H,4,5)(H,6,7);2*1H4/p-2/i/hT2. The number of carboxylic acids is 2. The van der Waals surface area contributed by atoms with E-state index < -0.39 is 36.6 Å². The second-order valence-electron chi connectivity index (χ2n) is 1.93. The lowest BCUT2D eigenvalue weighted by Gasteiger charge is -1.99. The molecule has 16 heavy (non-hydrogen) atoms. The molecule has 0 rings (SSSR count). The number of carboxylic acid groups (broad SMARTS) is 2. The first-order valence-electron chi connectivity index (χ1n) is 4.02. The van der Waals surface area contributed by atoms with E-state index in [9.17, 15) is 19.2 Å². The lowest BCUT2D eigenvalue weighted by molar-refractivity contribution is -0.147. The Kier molecular flexibility index (Phi) is 13.1. The van der Waals surface area contributed by atoms with Crippen LogP contribution >= 0.6 is 0 Å². The average Bonchev–Trinajstić information content (AvgIpc) is 2.16. The summed E-state index contributed by atoms with van der Waals surface area (Å²) in [5.41, 5.74) is 4.85. The van der Waals surface area contributed by atoms with Crippen molar-refractivity contribution in [3.63, 3.8) is 0 Å². The van der Waals surface area contributed by atoms with E-state index in [-0.39, 0.29) is 14.9 Å². The zero-order valence-electron chi connectivity index (χ0n) is 8.84. The Morgan fingerprint density at radius 2 is 1.19 bits per heavy atom. The highest BCUT2D eigenvalue weighted by Gasteiger charge is 2.01. The van der Waals surface area contributed by atoms with Crippen molar-refractivity contribution in [2.75, 3.05) is 0 Å². The van der Waals surface area contributed by atoms with Crippen LogP contribution in [0.2, 0.25) is 2.82 Å². The van der Waals surface area contributed by atoms with E-state index >= 15 is 0 Å². The van der Waals surface area contributed by atoms with Crippen LogP contribution in [-0.4, -0.2) is 34.0 Å². The van der Waals surface area contributed by atoms with Crippen molar-refractivity contribution in [1.29, 1.82) is 0 Å². The zero-order valence-corrected chi connectivity index (χ0v) is 6.84. The molecule has 0 radical (unpaired) electrons. The fraction of sp³-hybridized carbons (Fsp3) is 0.500. The summed E-state index contributed by atoms with van der Waals surface area (Å²) in [5, 5.41) is 15.4. The number of hydrogen-bond acceptors (Lipinski definition) is 4. The lowest BCUT2D eigenvalue weighted by atomic mass is 10.4. The Morgan fingerprint density at radius 1 is 0.875 bits per heavy atom. The van der Waals surface area contributed by atoms with Gasteiger partial charge in [-0.2, -0.15) is 0 Å². The summed E-state index contributed by atoms with van der Waals surface area (Å²) >= 11 is 0. The molecule has 0 saturated carbocycles. The van der Waals surface area contributed by atoms with Crippen molar-refractivity contribution in [2.45, 2.75) is 27.7 Å². The van der Waals surface area contributed by atoms with Crippen molar-refractivity contribution in [3.8, 4) is 0 Å². The first kappa shape index (κ1) is 16.3. The van der Waals surface area contributed by atoms with E-state index in [0.29, 0.717) is 0 Å². The monoisotopic (exact) mass is 240 g/mol. The molecule has 0 aliphatic rings. The topological polar surface area (TPSA) is 156 Å². The number of amides is 2. The molecule has 8 heteroatoms. The van der Waals surface area contributed by atoms with Gasteiger partial charge in [-0.3, -0.25) is 9.59 Å². The number of rotatable bonds is 4. The highest BCUT2D eigenvalue weighted by atomic mass is 16.4. The second kappa shape index (κ2) is 12.9. The summed E-state index contributed by atoms with van der Waals surface area (Å²) in [4.78, 5) is 39.0. The molecular weight excluding hydrogens is 220 g/mol. The maximum Gasteiger partial charge on any atom is 0.314 e. The fourth-order valence-electron chi connectivity index (χ4n) is 0.259. The van der Waals surface area contributed by atoms with Gasteiger partial charge >= 0.3 is 11.9 Å². The molecular formula is C8H16N2O6-2. The molecule has 0 aromatic rings. The van der Waals surface area contributed by atoms with E-state index in [1.54, 1.807) is 0 Å². The van der Waals surface area contributed by atoms with E-state index in [4.69, 9.17) is 13.0 Å². The minimum Gasteiger partial charge on any atom is -0.667 e. The summed E-state index contributed by atoms with van der Waals surface area (Å²) < 4.78 is 12.2. The molecule has 0 spiro atoms. The van der Waals surface area contributed by atoms with Gasteiger partial charge in [-0.1, -0.05) is 14.9 Å². The van der Waals surface area contributed by atoms with Gasteiger partial charge in [0.2, 0.25) is 0 Å². The molecule has 0 fully saturated rings. The Balaban J connectivity index is -0.000000100. The van der Waals surface area contributed by atoms with Crippen LogP contribution in [0, 0.1) is 0 Å². The third-order valence-electron chi connectivity index (χ3n) is 0.605. The van der Waals surface area contributed by atoms with Gasteiger partial charge in [-0.25, -0.2) is 0 Å². The molecule has 0 saturated heterocycles. The van der Waals surface area contributed by atoms with E-state index in [0.717, 1.165) is 0 Å². The first-order valence-corrected chi connectivity index (χ1v) is 3.13. The van der Waals surface area contributed by atoms with Crippen molar-refractivity contribution >= 4 is 23.8 Å². The summed E-state index contributed by atoms with van der Waals surface area (Å²) in [7, 11) is 0. The van der Waals surface area contributed by atoms with Crippen LogP contribution in [0.15, 0.2) is 0 Å². The summed E-state index contributed by atoms with van der Waals surface area (Å²) in [6, 6.07) is 0. The fourth-order valence-corrected chi connectivity index (χ4v) is 0.259. The molecule has 0 atom stereocenters. The molecule has 0 aromatic heterocycles. The molecule has 2 amide bonds. The Bertz CT molecular complexity index is 259. The quantitative estimate of drug-likeness (QED) is 0.706. The molecule has 0 bridgehead atoms. The minimum atomic E-state index is -1.31. The number of carbonyl (C=O) groups is 4. The third kappa shape index (κ3) is 40.7. The van der Waals surface area contributed by atoms with Crippen LogP contribution in [0.5, 0.6) is 0 Å². The number of carbonyl (C=O) groups excluding carboxylic acids is 2. The molecule has 0 aliphatic heterocycles. The van der Waals surface area contributed by atoms with E-state index in [2.05, 4.69) is 11.5 Å². The highest BCUT2D eigenvalue weighted by molar-refractivity contribution is 6.03. The first-order chi connectivity index (χ1) is 7.33. The predicted molar refractivity (Wildman–Crippen MR) is 56.6 cm³/mol. The van der Waals surface area contributed by atoms with Gasteiger partial charge in [0.25, 0.3) is 0 Å². The smallest absolute Gasteiger partial charge is 0.314 e. The largest absolute Gasteiger partial charge is 0.667 e. The minimum absolute atomic E-state index is 0. The van der Waals surface area contributed by atoms with Crippen LogP contribution < -0.4 is 0 Å². The maximum absolute atomic E-state index is 10.1. The van der Waals surface area contributed by atoms with Gasteiger partial charge in [0.1, 0.15) is 6.42 Å². The Morgan fingerprint density at radius 3 is 1.31 bits per heavy atom. The van der Waals surface area contributed by atoms with Gasteiger partial charge in [0, 0.05) is 6.42 Å². The number of hydrogen-bond donors (Lipinski definition) is 2. The summed E-state index contributed by atoms with van der Waals surface area (Å²) in [6.45, 7) is 0. The molecule has 0 aromatic carbocycles. The van der Waals surface area contributed by atoms with Crippen LogP contribution in [0.4, 0.5) is 0 Å². The van der Waals surface area contributed by atoms with Crippen LogP contribution in [0.3, 0.4) is 0 Å². The van der Waals surface area contributed by atoms with Crippen LogP contribution in [-0.2, 0) is 19.2 Å². The zero-order chi connectivity index (χ0) is 13.1.